The van der Waals surface area contributed by atoms with Crippen molar-refractivity contribution in [1.29, 1.82) is 0 Å². The van der Waals surface area contributed by atoms with Gasteiger partial charge in [-0.3, -0.25) is 23.9 Å². The SMILES string of the molecule is CC(C)CC(C(=O)Nc1ccc(-n2ccnc2)nc1)N1C(=O)c2ccccc2C1=O. The third-order valence-corrected chi connectivity index (χ3v) is 4.92. The van der Waals surface area contributed by atoms with E-state index in [1.54, 1.807) is 59.7 Å². The number of rotatable bonds is 6. The summed E-state index contributed by atoms with van der Waals surface area (Å²) in [5.74, 6) is -0.540. The maximum Gasteiger partial charge on any atom is 0.262 e. The van der Waals surface area contributed by atoms with Crippen LogP contribution < -0.4 is 5.32 Å². The summed E-state index contributed by atoms with van der Waals surface area (Å²) >= 11 is 0. The summed E-state index contributed by atoms with van der Waals surface area (Å²) in [6.45, 7) is 3.89. The number of benzene rings is 1. The molecule has 0 saturated heterocycles. The smallest absolute Gasteiger partial charge is 0.262 e. The van der Waals surface area contributed by atoms with Gasteiger partial charge in [0.25, 0.3) is 11.8 Å². The molecule has 3 aromatic rings. The standard InChI is InChI=1S/C22H21N5O3/c1-14(2)11-18(27-21(29)16-5-3-4-6-17(16)22(27)30)20(28)25-15-7-8-19(24-12-15)26-10-9-23-13-26/h3-10,12-14,18H,11H2,1-2H3,(H,25,28). The number of nitrogens with zero attached hydrogens (tertiary/aromatic N) is 4. The Morgan fingerprint density at radius 1 is 1.07 bits per heavy atom. The molecular weight excluding hydrogens is 382 g/mol. The summed E-state index contributed by atoms with van der Waals surface area (Å²) in [6.07, 6.45) is 6.93. The summed E-state index contributed by atoms with van der Waals surface area (Å²) in [4.78, 5) is 48.2. The molecule has 0 radical (unpaired) electrons. The molecule has 8 heteroatoms. The molecule has 1 N–H and O–H groups in total. The molecule has 0 spiro atoms. The average Bonchev–Trinajstić information content (AvgIpc) is 3.35. The maximum absolute atomic E-state index is 13.1. The highest BCUT2D eigenvalue weighted by atomic mass is 16.2. The van der Waals surface area contributed by atoms with Crippen LogP contribution in [-0.2, 0) is 4.79 Å². The number of hydrogen-bond acceptors (Lipinski definition) is 5. The summed E-state index contributed by atoms with van der Waals surface area (Å²) in [6, 6.07) is 9.19. The Balaban J connectivity index is 1.56. The molecular formula is C22H21N5O3. The molecule has 1 aliphatic heterocycles. The normalized spacial score (nSPS) is 14.2. The lowest BCUT2D eigenvalue weighted by atomic mass is 10.0. The Kier molecular flexibility index (Phi) is 5.14. The molecule has 8 nitrogen and oxygen atoms in total. The minimum absolute atomic E-state index is 0.104. The molecule has 0 bridgehead atoms. The van der Waals surface area contributed by atoms with Gasteiger partial charge in [0.15, 0.2) is 0 Å². The Hall–Kier alpha value is -3.81. The van der Waals surface area contributed by atoms with Crippen molar-refractivity contribution in [2.45, 2.75) is 26.3 Å². The van der Waals surface area contributed by atoms with Crippen LogP contribution in [0.3, 0.4) is 0 Å². The first-order valence-corrected chi connectivity index (χ1v) is 9.68. The number of aromatic nitrogens is 3. The van der Waals surface area contributed by atoms with Gasteiger partial charge in [0.05, 0.1) is 23.0 Å². The molecule has 3 heterocycles. The van der Waals surface area contributed by atoms with Gasteiger partial charge in [0.1, 0.15) is 18.2 Å². The fourth-order valence-corrected chi connectivity index (χ4v) is 3.50. The van der Waals surface area contributed by atoms with E-state index < -0.39 is 23.8 Å². The topological polar surface area (TPSA) is 97.2 Å². The van der Waals surface area contributed by atoms with E-state index in [0.717, 1.165) is 4.90 Å². The van der Waals surface area contributed by atoms with Crippen LogP contribution in [0, 0.1) is 5.92 Å². The zero-order chi connectivity index (χ0) is 21.3. The highest BCUT2D eigenvalue weighted by molar-refractivity contribution is 6.23. The van der Waals surface area contributed by atoms with Crippen molar-refractivity contribution < 1.29 is 14.4 Å². The number of imide groups is 1. The zero-order valence-electron chi connectivity index (χ0n) is 16.6. The van der Waals surface area contributed by atoms with Gasteiger partial charge in [-0.15, -0.1) is 0 Å². The molecule has 1 atom stereocenters. The fraction of sp³-hybridized carbons (Fsp3) is 0.227. The molecule has 0 aliphatic carbocycles. The monoisotopic (exact) mass is 403 g/mol. The lowest BCUT2D eigenvalue weighted by Crippen LogP contribution is -2.47. The van der Waals surface area contributed by atoms with Gasteiger partial charge in [0.2, 0.25) is 5.91 Å². The highest BCUT2D eigenvalue weighted by Crippen LogP contribution is 2.27. The largest absolute Gasteiger partial charge is 0.323 e. The van der Waals surface area contributed by atoms with E-state index in [-0.39, 0.29) is 5.92 Å². The first-order chi connectivity index (χ1) is 14.5. The van der Waals surface area contributed by atoms with Crippen molar-refractivity contribution >= 4 is 23.4 Å². The van der Waals surface area contributed by atoms with E-state index in [2.05, 4.69) is 15.3 Å². The minimum atomic E-state index is -0.911. The number of carbonyl (C=O) groups excluding carboxylic acids is 3. The first kappa shape index (κ1) is 19.5. The molecule has 1 aromatic carbocycles. The Labute approximate surface area is 173 Å². The van der Waals surface area contributed by atoms with Gasteiger partial charge < -0.3 is 5.32 Å². The van der Waals surface area contributed by atoms with Crippen molar-refractivity contribution in [2.24, 2.45) is 5.92 Å². The fourth-order valence-electron chi connectivity index (χ4n) is 3.50. The predicted octanol–water partition coefficient (Wildman–Crippen LogP) is 2.92. The third-order valence-electron chi connectivity index (χ3n) is 4.92. The number of fused-ring (bicyclic) bond motifs is 1. The highest BCUT2D eigenvalue weighted by Gasteiger charge is 2.42. The lowest BCUT2D eigenvalue weighted by molar-refractivity contribution is -0.120. The second-order valence-electron chi connectivity index (χ2n) is 7.54. The molecule has 0 saturated carbocycles. The first-order valence-electron chi connectivity index (χ1n) is 9.68. The van der Waals surface area contributed by atoms with Crippen molar-refractivity contribution in [3.05, 3.63) is 72.4 Å². The van der Waals surface area contributed by atoms with E-state index in [0.29, 0.717) is 29.1 Å². The van der Waals surface area contributed by atoms with Crippen molar-refractivity contribution in [1.82, 2.24) is 19.4 Å². The number of carbonyl (C=O) groups is 3. The van der Waals surface area contributed by atoms with Crippen LogP contribution in [0.1, 0.15) is 41.0 Å². The van der Waals surface area contributed by atoms with Gasteiger partial charge in [-0.05, 0) is 36.6 Å². The van der Waals surface area contributed by atoms with E-state index >= 15 is 0 Å². The summed E-state index contributed by atoms with van der Waals surface area (Å²) < 4.78 is 1.74. The van der Waals surface area contributed by atoms with Gasteiger partial charge >= 0.3 is 0 Å². The van der Waals surface area contributed by atoms with E-state index in [9.17, 15) is 14.4 Å². The number of nitrogens with one attached hydrogen (secondary N) is 1. The summed E-state index contributed by atoms with van der Waals surface area (Å²) in [7, 11) is 0. The minimum Gasteiger partial charge on any atom is -0.323 e. The number of amides is 3. The maximum atomic E-state index is 13.1. The molecule has 3 amide bonds. The van der Waals surface area contributed by atoms with Crippen molar-refractivity contribution in [2.75, 3.05) is 5.32 Å². The zero-order valence-corrected chi connectivity index (χ0v) is 16.6. The lowest BCUT2D eigenvalue weighted by Gasteiger charge is -2.26. The van der Waals surface area contributed by atoms with Crippen molar-refractivity contribution in [3.8, 4) is 5.82 Å². The van der Waals surface area contributed by atoms with E-state index in [1.807, 2.05) is 13.8 Å². The van der Waals surface area contributed by atoms with Crippen molar-refractivity contribution in [3.63, 3.8) is 0 Å². The molecule has 1 aliphatic rings. The summed E-state index contributed by atoms with van der Waals surface area (Å²) in [5, 5.41) is 2.79. The quantitative estimate of drug-likeness (QED) is 0.638. The van der Waals surface area contributed by atoms with Crippen LogP contribution in [0.25, 0.3) is 5.82 Å². The second-order valence-corrected chi connectivity index (χ2v) is 7.54. The van der Waals surface area contributed by atoms with Crippen LogP contribution >= 0.6 is 0 Å². The molecule has 30 heavy (non-hydrogen) atoms. The van der Waals surface area contributed by atoms with Crippen LogP contribution in [0.2, 0.25) is 0 Å². The second kappa shape index (κ2) is 7.90. The Morgan fingerprint density at radius 3 is 2.30 bits per heavy atom. The van der Waals surface area contributed by atoms with Gasteiger partial charge in [-0.1, -0.05) is 26.0 Å². The van der Waals surface area contributed by atoms with Gasteiger partial charge in [-0.2, -0.15) is 0 Å². The number of pyridine rings is 1. The third kappa shape index (κ3) is 3.59. The summed E-state index contributed by atoms with van der Waals surface area (Å²) in [5.41, 5.74) is 1.14. The average molecular weight is 403 g/mol. The van der Waals surface area contributed by atoms with Crippen LogP contribution in [0.4, 0.5) is 5.69 Å². The molecule has 4 rings (SSSR count). The van der Waals surface area contributed by atoms with E-state index in [4.69, 9.17) is 0 Å². The van der Waals surface area contributed by atoms with Crippen LogP contribution in [0.15, 0.2) is 61.3 Å². The Morgan fingerprint density at radius 2 is 1.77 bits per heavy atom. The molecule has 152 valence electrons. The van der Waals surface area contributed by atoms with Gasteiger partial charge in [-0.25, -0.2) is 9.97 Å². The molecule has 0 fully saturated rings. The van der Waals surface area contributed by atoms with Crippen LogP contribution in [0.5, 0.6) is 0 Å². The van der Waals surface area contributed by atoms with E-state index in [1.165, 1.54) is 6.20 Å². The molecule has 2 aromatic heterocycles. The van der Waals surface area contributed by atoms with Gasteiger partial charge in [0, 0.05) is 12.4 Å². The Bertz CT molecular complexity index is 1060. The predicted molar refractivity (Wildman–Crippen MR) is 110 cm³/mol. The number of anilines is 1. The number of imidazole rings is 1. The number of hydrogen-bond donors (Lipinski definition) is 1. The molecule has 1 unspecified atom stereocenters. The van der Waals surface area contributed by atoms with Crippen LogP contribution in [-0.4, -0.2) is 43.2 Å².